The number of fused-ring (bicyclic) bond motifs is 1. The maximum absolute atomic E-state index is 12.5. The Hall–Kier alpha value is -2.50. The highest BCUT2D eigenvalue weighted by Gasteiger charge is 2.30. The molecule has 0 bridgehead atoms. The van der Waals surface area contributed by atoms with Crippen molar-refractivity contribution in [1.29, 1.82) is 0 Å². The molecule has 1 atom stereocenters. The van der Waals surface area contributed by atoms with E-state index in [0.717, 1.165) is 24.1 Å². The standard InChI is InChI=1S/C17H14F3NO2/c18-17(19,20)12-6-8-13(9-7-12)21-16(22)15-10-5-11-3-1-2-4-14(11)23-15/h1-4,6-9,15H,5,10H2,(H,21,22)/t15-/m0/s1. The van der Waals surface area contributed by atoms with Gasteiger partial charge < -0.3 is 10.1 Å². The Morgan fingerprint density at radius 2 is 1.78 bits per heavy atom. The number of alkyl halides is 3. The zero-order valence-corrected chi connectivity index (χ0v) is 12.1. The topological polar surface area (TPSA) is 38.3 Å². The van der Waals surface area contributed by atoms with Crippen molar-refractivity contribution in [3.8, 4) is 5.75 Å². The minimum atomic E-state index is -4.39. The highest BCUT2D eigenvalue weighted by Crippen LogP contribution is 2.30. The maximum atomic E-state index is 12.5. The largest absolute Gasteiger partial charge is 0.480 e. The van der Waals surface area contributed by atoms with Crippen LogP contribution in [-0.2, 0) is 17.4 Å². The van der Waals surface area contributed by atoms with Crippen molar-refractivity contribution in [3.63, 3.8) is 0 Å². The van der Waals surface area contributed by atoms with E-state index in [9.17, 15) is 18.0 Å². The summed E-state index contributed by atoms with van der Waals surface area (Å²) >= 11 is 0. The van der Waals surface area contributed by atoms with E-state index in [1.54, 1.807) is 6.07 Å². The molecule has 2 aromatic carbocycles. The molecule has 0 aromatic heterocycles. The zero-order valence-electron chi connectivity index (χ0n) is 12.1. The Morgan fingerprint density at radius 1 is 1.09 bits per heavy atom. The normalized spacial score (nSPS) is 17.1. The van der Waals surface area contributed by atoms with Crippen molar-refractivity contribution in [3.05, 3.63) is 59.7 Å². The van der Waals surface area contributed by atoms with Crippen molar-refractivity contribution in [2.24, 2.45) is 0 Å². The van der Waals surface area contributed by atoms with E-state index in [1.165, 1.54) is 12.1 Å². The number of anilines is 1. The lowest BCUT2D eigenvalue weighted by Gasteiger charge is -2.25. The summed E-state index contributed by atoms with van der Waals surface area (Å²) in [5.74, 6) is 0.311. The van der Waals surface area contributed by atoms with Gasteiger partial charge in [-0.05, 0) is 48.7 Å². The summed E-state index contributed by atoms with van der Waals surface area (Å²) in [5.41, 5.74) is 0.606. The molecule has 3 nitrogen and oxygen atoms in total. The number of aryl methyl sites for hydroxylation is 1. The second-order valence-electron chi connectivity index (χ2n) is 5.32. The van der Waals surface area contributed by atoms with E-state index in [0.29, 0.717) is 17.9 Å². The first kappa shape index (κ1) is 15.4. The molecule has 1 aliphatic rings. The lowest BCUT2D eigenvalue weighted by molar-refractivity contribution is -0.137. The Kier molecular flexibility index (Phi) is 3.98. The second kappa shape index (κ2) is 5.95. The van der Waals surface area contributed by atoms with Gasteiger partial charge in [-0.15, -0.1) is 0 Å². The Balaban J connectivity index is 1.66. The van der Waals surface area contributed by atoms with E-state index < -0.39 is 17.8 Å². The molecular formula is C17H14F3NO2. The van der Waals surface area contributed by atoms with Crippen LogP contribution in [0.1, 0.15) is 17.5 Å². The first-order chi connectivity index (χ1) is 10.9. The van der Waals surface area contributed by atoms with Gasteiger partial charge in [-0.1, -0.05) is 18.2 Å². The number of hydrogen-bond acceptors (Lipinski definition) is 2. The number of carbonyl (C=O) groups is 1. The van der Waals surface area contributed by atoms with E-state index in [1.807, 2.05) is 18.2 Å². The van der Waals surface area contributed by atoms with Crippen molar-refractivity contribution in [2.75, 3.05) is 5.32 Å². The van der Waals surface area contributed by atoms with E-state index in [-0.39, 0.29) is 5.91 Å². The zero-order chi connectivity index (χ0) is 16.4. The van der Waals surface area contributed by atoms with Crippen LogP contribution >= 0.6 is 0 Å². The van der Waals surface area contributed by atoms with Crippen LogP contribution in [0.25, 0.3) is 0 Å². The highest BCUT2D eigenvalue weighted by atomic mass is 19.4. The van der Waals surface area contributed by atoms with Gasteiger partial charge in [0.15, 0.2) is 6.10 Å². The number of ether oxygens (including phenoxy) is 1. The summed E-state index contributed by atoms with van der Waals surface area (Å²) in [7, 11) is 0. The highest BCUT2D eigenvalue weighted by molar-refractivity contribution is 5.94. The van der Waals surface area contributed by atoms with Crippen LogP contribution in [0.15, 0.2) is 48.5 Å². The number of para-hydroxylation sites is 1. The maximum Gasteiger partial charge on any atom is 0.416 e. The molecule has 3 rings (SSSR count). The van der Waals surface area contributed by atoms with Crippen LogP contribution in [0.3, 0.4) is 0 Å². The summed E-state index contributed by atoms with van der Waals surface area (Å²) in [4.78, 5) is 12.2. The Bertz CT molecular complexity index is 711. The number of amides is 1. The Morgan fingerprint density at radius 3 is 2.48 bits per heavy atom. The van der Waals surface area contributed by atoms with Gasteiger partial charge in [0, 0.05) is 5.69 Å². The molecule has 1 amide bonds. The summed E-state index contributed by atoms with van der Waals surface area (Å²) < 4.78 is 43.2. The molecule has 1 aliphatic heterocycles. The molecule has 0 saturated heterocycles. The molecule has 0 spiro atoms. The van der Waals surface area contributed by atoms with E-state index in [2.05, 4.69) is 5.32 Å². The molecule has 6 heteroatoms. The number of nitrogens with one attached hydrogen (secondary N) is 1. The molecule has 0 saturated carbocycles. The smallest absolute Gasteiger partial charge is 0.416 e. The molecule has 1 N–H and O–H groups in total. The second-order valence-corrected chi connectivity index (χ2v) is 5.32. The SMILES string of the molecule is O=C(Nc1ccc(C(F)(F)F)cc1)[C@@H]1CCc2ccccc2O1. The van der Waals surface area contributed by atoms with Crippen LogP contribution in [0.4, 0.5) is 18.9 Å². The van der Waals surface area contributed by atoms with Crippen LogP contribution in [0.2, 0.25) is 0 Å². The average Bonchev–Trinajstić information content (AvgIpc) is 2.54. The van der Waals surface area contributed by atoms with Gasteiger partial charge in [0.05, 0.1) is 5.56 Å². The van der Waals surface area contributed by atoms with E-state index in [4.69, 9.17) is 4.74 Å². The quantitative estimate of drug-likeness (QED) is 0.906. The molecule has 1 heterocycles. The molecule has 0 radical (unpaired) electrons. The van der Waals surface area contributed by atoms with Gasteiger partial charge in [-0.25, -0.2) is 0 Å². The first-order valence-corrected chi connectivity index (χ1v) is 7.16. The van der Waals surface area contributed by atoms with Gasteiger partial charge in [-0.3, -0.25) is 4.79 Å². The number of carbonyl (C=O) groups excluding carboxylic acids is 1. The van der Waals surface area contributed by atoms with E-state index >= 15 is 0 Å². The number of benzene rings is 2. The van der Waals surface area contributed by atoms with Crippen molar-refractivity contribution >= 4 is 11.6 Å². The first-order valence-electron chi connectivity index (χ1n) is 7.16. The monoisotopic (exact) mass is 321 g/mol. The fourth-order valence-corrected chi connectivity index (χ4v) is 2.47. The lowest BCUT2D eigenvalue weighted by Crippen LogP contribution is -2.35. The molecule has 2 aromatic rings. The van der Waals surface area contributed by atoms with Gasteiger partial charge in [0.2, 0.25) is 0 Å². The lowest BCUT2D eigenvalue weighted by atomic mass is 10.0. The fraction of sp³-hybridized carbons (Fsp3) is 0.235. The molecular weight excluding hydrogens is 307 g/mol. The van der Waals surface area contributed by atoms with Crippen molar-refractivity contribution in [1.82, 2.24) is 0 Å². The minimum absolute atomic E-state index is 0.311. The summed E-state index contributed by atoms with van der Waals surface area (Å²) in [6, 6.07) is 11.8. The predicted molar refractivity (Wildman–Crippen MR) is 79.3 cm³/mol. The molecule has 0 aliphatic carbocycles. The third-order valence-corrected chi connectivity index (χ3v) is 3.69. The number of rotatable bonds is 2. The van der Waals surface area contributed by atoms with Gasteiger partial charge >= 0.3 is 6.18 Å². The Labute approximate surface area is 131 Å². The van der Waals surface area contributed by atoms with Crippen LogP contribution in [-0.4, -0.2) is 12.0 Å². The minimum Gasteiger partial charge on any atom is -0.480 e. The predicted octanol–water partition coefficient (Wildman–Crippen LogP) is 4.04. The molecule has 23 heavy (non-hydrogen) atoms. The van der Waals surface area contributed by atoms with Crippen molar-refractivity contribution in [2.45, 2.75) is 25.1 Å². The summed E-state index contributed by atoms with van der Waals surface area (Å²) in [5, 5.41) is 2.59. The van der Waals surface area contributed by atoms with Gasteiger partial charge in [0.25, 0.3) is 5.91 Å². The van der Waals surface area contributed by atoms with Crippen LogP contribution < -0.4 is 10.1 Å². The molecule has 0 unspecified atom stereocenters. The molecule has 0 fully saturated rings. The average molecular weight is 321 g/mol. The molecule has 120 valence electrons. The number of halogens is 3. The van der Waals surface area contributed by atoms with Crippen LogP contribution in [0.5, 0.6) is 5.75 Å². The summed E-state index contributed by atoms with van der Waals surface area (Å²) in [6.07, 6.45) is -3.78. The van der Waals surface area contributed by atoms with Gasteiger partial charge in [-0.2, -0.15) is 13.2 Å². The number of hydrogen-bond donors (Lipinski definition) is 1. The van der Waals surface area contributed by atoms with Gasteiger partial charge in [0.1, 0.15) is 5.75 Å². The van der Waals surface area contributed by atoms with Crippen molar-refractivity contribution < 1.29 is 22.7 Å². The fourth-order valence-electron chi connectivity index (χ4n) is 2.47. The third-order valence-electron chi connectivity index (χ3n) is 3.69. The van der Waals surface area contributed by atoms with Crippen LogP contribution in [0, 0.1) is 0 Å². The third kappa shape index (κ3) is 3.47. The summed E-state index contributed by atoms with van der Waals surface area (Å²) in [6.45, 7) is 0.